The first-order valence-electron chi connectivity index (χ1n) is 9.93. The van der Waals surface area contributed by atoms with Crippen LogP contribution in [0.5, 0.6) is 0 Å². The van der Waals surface area contributed by atoms with Crippen LogP contribution in [0, 0.1) is 6.92 Å². The Morgan fingerprint density at radius 1 is 1.23 bits per heavy atom. The van der Waals surface area contributed by atoms with Gasteiger partial charge in [-0.15, -0.1) is 0 Å². The molecule has 0 saturated carbocycles. The molecule has 0 bridgehead atoms. The summed E-state index contributed by atoms with van der Waals surface area (Å²) in [7, 11) is 0. The molecule has 1 aromatic carbocycles. The number of nitrogens with one attached hydrogen (secondary N) is 1. The Balaban J connectivity index is 1.71. The molecule has 0 aliphatic carbocycles. The first kappa shape index (κ1) is 21.1. The Morgan fingerprint density at radius 2 is 2.00 bits per heavy atom. The summed E-state index contributed by atoms with van der Waals surface area (Å²) >= 11 is 0. The summed E-state index contributed by atoms with van der Waals surface area (Å²) in [5, 5.41) is 4.40. The van der Waals surface area contributed by atoms with Crippen molar-refractivity contribution in [3.05, 3.63) is 47.8 Å². The van der Waals surface area contributed by atoms with E-state index in [1.807, 2.05) is 43.0 Å². The summed E-state index contributed by atoms with van der Waals surface area (Å²) in [4.78, 5) is 10.7. The highest BCUT2D eigenvalue weighted by molar-refractivity contribution is 5.99. The lowest BCUT2D eigenvalue weighted by atomic mass is 10.1. The molecule has 3 heterocycles. The van der Waals surface area contributed by atoms with Gasteiger partial charge in [-0.1, -0.05) is 29.8 Å². The van der Waals surface area contributed by atoms with Crippen LogP contribution in [0.4, 0.5) is 24.7 Å². The quantitative estimate of drug-likeness (QED) is 0.488. The van der Waals surface area contributed by atoms with Crippen molar-refractivity contribution >= 4 is 28.4 Å². The van der Waals surface area contributed by atoms with Crippen molar-refractivity contribution in [3.63, 3.8) is 0 Å². The molecule has 0 spiro atoms. The number of anilines is 2. The largest absolute Gasteiger partial charge is 0.406 e. The van der Waals surface area contributed by atoms with Crippen LogP contribution in [0.2, 0.25) is 0 Å². The van der Waals surface area contributed by atoms with Gasteiger partial charge in [-0.3, -0.25) is 5.43 Å². The number of alkyl halides is 3. The third-order valence-corrected chi connectivity index (χ3v) is 5.03. The molecule has 164 valence electrons. The number of halogens is 3. The zero-order chi connectivity index (χ0) is 22.0. The van der Waals surface area contributed by atoms with Crippen molar-refractivity contribution in [2.24, 2.45) is 5.10 Å². The Morgan fingerprint density at radius 3 is 2.71 bits per heavy atom. The van der Waals surface area contributed by atoms with Gasteiger partial charge in [0.1, 0.15) is 12.1 Å². The van der Waals surface area contributed by atoms with E-state index in [1.165, 1.54) is 6.33 Å². The van der Waals surface area contributed by atoms with Gasteiger partial charge in [0.25, 0.3) is 0 Å². The Kier molecular flexibility index (Phi) is 5.81. The van der Waals surface area contributed by atoms with E-state index in [0.29, 0.717) is 43.3 Å². The Labute approximate surface area is 177 Å². The summed E-state index contributed by atoms with van der Waals surface area (Å²) < 4.78 is 45.5. The molecule has 10 heteroatoms. The average Bonchev–Trinajstić information content (AvgIpc) is 3.13. The van der Waals surface area contributed by atoms with Crippen molar-refractivity contribution < 1.29 is 17.9 Å². The molecule has 1 saturated heterocycles. The Hall–Kier alpha value is -3.14. The van der Waals surface area contributed by atoms with Crippen LogP contribution in [0.3, 0.4) is 0 Å². The van der Waals surface area contributed by atoms with E-state index < -0.39 is 12.7 Å². The van der Waals surface area contributed by atoms with Crippen LogP contribution in [0.15, 0.2) is 41.8 Å². The topological polar surface area (TPSA) is 67.6 Å². The first-order valence-corrected chi connectivity index (χ1v) is 9.93. The van der Waals surface area contributed by atoms with E-state index in [4.69, 9.17) is 4.74 Å². The minimum absolute atomic E-state index is 0.159. The maximum absolute atomic E-state index is 13.0. The molecule has 0 unspecified atom stereocenters. The fourth-order valence-corrected chi connectivity index (χ4v) is 3.51. The molecule has 0 atom stereocenters. The van der Waals surface area contributed by atoms with E-state index in [1.54, 1.807) is 6.07 Å². The second-order valence-electron chi connectivity index (χ2n) is 7.46. The molecular formula is C21H23F3N6O. The number of rotatable bonds is 5. The van der Waals surface area contributed by atoms with Gasteiger partial charge in [-0.2, -0.15) is 18.3 Å². The normalized spacial score (nSPS) is 15.5. The number of hydrogen-bond acceptors (Lipinski definition) is 6. The minimum atomic E-state index is -4.38. The molecule has 0 radical (unpaired) electrons. The molecule has 1 fully saturated rings. The second kappa shape index (κ2) is 8.54. The molecule has 1 N–H and O–H groups in total. The SMILES string of the molecule is C/C(=N\Nc1cc(N2CCOCC2)c2ncn(CC(F)(F)F)c2n1)c1cccc(C)c1. The Bertz CT molecular complexity index is 1100. The molecule has 3 aromatic rings. The van der Waals surface area contributed by atoms with Crippen molar-refractivity contribution in [1.82, 2.24) is 14.5 Å². The maximum Gasteiger partial charge on any atom is 0.406 e. The average molecular weight is 432 g/mol. The second-order valence-corrected chi connectivity index (χ2v) is 7.46. The maximum atomic E-state index is 13.0. The van der Waals surface area contributed by atoms with Crippen LogP contribution in [-0.2, 0) is 11.3 Å². The number of aryl methyl sites for hydroxylation is 1. The van der Waals surface area contributed by atoms with Gasteiger partial charge in [0.2, 0.25) is 0 Å². The summed E-state index contributed by atoms with van der Waals surface area (Å²) in [6.45, 7) is 5.02. The molecule has 2 aromatic heterocycles. The number of fused-ring (bicyclic) bond motifs is 1. The number of ether oxygens (including phenoxy) is 1. The molecule has 7 nitrogen and oxygen atoms in total. The lowest BCUT2D eigenvalue weighted by Crippen LogP contribution is -2.36. The number of morpholine rings is 1. The van der Waals surface area contributed by atoms with Crippen LogP contribution in [-0.4, -0.2) is 52.7 Å². The third-order valence-electron chi connectivity index (χ3n) is 5.03. The zero-order valence-corrected chi connectivity index (χ0v) is 17.3. The fourth-order valence-electron chi connectivity index (χ4n) is 3.51. The third kappa shape index (κ3) is 4.96. The first-order chi connectivity index (χ1) is 14.8. The minimum Gasteiger partial charge on any atom is -0.378 e. The monoisotopic (exact) mass is 432 g/mol. The lowest BCUT2D eigenvalue weighted by Gasteiger charge is -2.29. The zero-order valence-electron chi connectivity index (χ0n) is 17.3. The van der Waals surface area contributed by atoms with Crippen LogP contribution >= 0.6 is 0 Å². The summed E-state index contributed by atoms with van der Waals surface area (Å²) in [6, 6.07) is 9.67. The van der Waals surface area contributed by atoms with E-state index in [9.17, 15) is 13.2 Å². The predicted molar refractivity (Wildman–Crippen MR) is 114 cm³/mol. The van der Waals surface area contributed by atoms with Gasteiger partial charge in [0, 0.05) is 19.2 Å². The van der Waals surface area contributed by atoms with Crippen LogP contribution in [0.25, 0.3) is 11.2 Å². The van der Waals surface area contributed by atoms with Crippen molar-refractivity contribution in [1.29, 1.82) is 0 Å². The van der Waals surface area contributed by atoms with Gasteiger partial charge < -0.3 is 14.2 Å². The number of imidazole rings is 1. The van der Waals surface area contributed by atoms with Crippen LogP contribution in [0.1, 0.15) is 18.1 Å². The van der Waals surface area contributed by atoms with Crippen LogP contribution < -0.4 is 10.3 Å². The molecule has 4 rings (SSSR count). The summed E-state index contributed by atoms with van der Waals surface area (Å²) in [6.07, 6.45) is -3.20. The van der Waals surface area contributed by atoms with Gasteiger partial charge in [0.05, 0.1) is 30.9 Å². The lowest BCUT2D eigenvalue weighted by molar-refractivity contribution is -0.140. The number of benzene rings is 1. The highest BCUT2D eigenvalue weighted by atomic mass is 19.4. The summed E-state index contributed by atoms with van der Waals surface area (Å²) in [5.41, 5.74) is 7.00. The van der Waals surface area contributed by atoms with Gasteiger partial charge in [0.15, 0.2) is 11.5 Å². The molecule has 1 aliphatic rings. The van der Waals surface area contributed by atoms with Gasteiger partial charge in [-0.05, 0) is 19.4 Å². The number of hydrogen-bond donors (Lipinski definition) is 1. The van der Waals surface area contributed by atoms with E-state index in [-0.39, 0.29) is 5.65 Å². The standard InChI is InChI=1S/C21H23F3N6O/c1-14-4-3-5-16(10-14)15(2)27-28-18-11-17(29-6-8-31-9-7-29)19-20(26-18)30(13-25-19)12-21(22,23)24/h3-5,10-11,13H,6-9,12H2,1-2H3,(H,26,28)/b27-15+. The smallest absolute Gasteiger partial charge is 0.378 e. The number of nitrogens with zero attached hydrogens (tertiary/aromatic N) is 5. The molecule has 31 heavy (non-hydrogen) atoms. The van der Waals surface area contributed by atoms with Gasteiger partial charge >= 0.3 is 6.18 Å². The molecule has 0 amide bonds. The number of hydrazone groups is 1. The van der Waals surface area contributed by atoms with Gasteiger partial charge in [-0.25, -0.2) is 9.97 Å². The van der Waals surface area contributed by atoms with E-state index in [0.717, 1.165) is 21.4 Å². The van der Waals surface area contributed by atoms with E-state index >= 15 is 0 Å². The molecular weight excluding hydrogens is 409 g/mol. The highest BCUT2D eigenvalue weighted by Crippen LogP contribution is 2.30. The fraction of sp³-hybridized carbons (Fsp3) is 0.381. The number of pyridine rings is 1. The van der Waals surface area contributed by atoms with Crippen molar-refractivity contribution in [2.45, 2.75) is 26.6 Å². The summed E-state index contributed by atoms with van der Waals surface area (Å²) in [5.74, 6) is 0.352. The van der Waals surface area contributed by atoms with Crippen molar-refractivity contribution in [3.8, 4) is 0 Å². The van der Waals surface area contributed by atoms with E-state index in [2.05, 4.69) is 20.5 Å². The highest BCUT2D eigenvalue weighted by Gasteiger charge is 2.30. The number of aromatic nitrogens is 3. The predicted octanol–water partition coefficient (Wildman–Crippen LogP) is 3.97. The van der Waals surface area contributed by atoms with Crippen molar-refractivity contribution in [2.75, 3.05) is 36.6 Å². The molecule has 1 aliphatic heterocycles.